The van der Waals surface area contributed by atoms with Gasteiger partial charge in [0.05, 0.1) is 98.4 Å². The SMILES string of the molecule is CC(=O)C1CC(CN(C(C)=O)c2c(I)c(C(=O)NCC(O)CO)c(I)c(C(=O)NCC(O)CO)c2I)Oc2c(C(=O)NCC(O)CO)c(I)c(C(=O)NCC(O)CO)c(I)c21. The highest BCUT2D eigenvalue weighted by atomic mass is 127. The molecular formula is C36H44I5N5O15. The maximum Gasteiger partial charge on any atom is 0.256 e. The first-order chi connectivity index (χ1) is 28.7. The van der Waals surface area contributed by atoms with E-state index in [1.807, 2.05) is 67.8 Å². The van der Waals surface area contributed by atoms with Crippen LogP contribution in [0.3, 0.4) is 0 Å². The Morgan fingerprint density at radius 3 is 1.28 bits per heavy atom. The fraction of sp³-hybridized carbons (Fsp3) is 0.500. The third-order valence-electron chi connectivity index (χ3n) is 9.06. The zero-order valence-corrected chi connectivity index (χ0v) is 43.1. The van der Waals surface area contributed by atoms with Crippen LogP contribution in [0.4, 0.5) is 5.69 Å². The van der Waals surface area contributed by atoms with Crippen molar-refractivity contribution in [2.75, 3.05) is 64.1 Å². The first-order valence-electron chi connectivity index (χ1n) is 18.2. The van der Waals surface area contributed by atoms with Crippen LogP contribution in [0.2, 0.25) is 0 Å². The van der Waals surface area contributed by atoms with Gasteiger partial charge in [0.1, 0.15) is 17.6 Å². The van der Waals surface area contributed by atoms with Gasteiger partial charge in [0.2, 0.25) is 5.91 Å². The number of fused-ring (bicyclic) bond motifs is 1. The largest absolute Gasteiger partial charge is 0.487 e. The van der Waals surface area contributed by atoms with Crippen molar-refractivity contribution in [2.24, 2.45) is 0 Å². The van der Waals surface area contributed by atoms with E-state index in [9.17, 15) is 69.6 Å². The highest BCUT2D eigenvalue weighted by Gasteiger charge is 2.42. The summed E-state index contributed by atoms with van der Waals surface area (Å²) in [7, 11) is 0. The predicted molar refractivity (Wildman–Crippen MR) is 259 cm³/mol. The predicted octanol–water partition coefficient (Wildman–Crippen LogP) is -1.08. The van der Waals surface area contributed by atoms with Crippen LogP contribution in [0.1, 0.15) is 73.2 Å². The lowest BCUT2D eigenvalue weighted by Crippen LogP contribution is -2.44. The topological polar surface area (TPSA) is 325 Å². The van der Waals surface area contributed by atoms with E-state index in [1.54, 1.807) is 45.2 Å². The second kappa shape index (κ2) is 24.8. The van der Waals surface area contributed by atoms with Gasteiger partial charge in [0.25, 0.3) is 23.6 Å². The van der Waals surface area contributed by atoms with Gasteiger partial charge in [0, 0.05) is 49.4 Å². The van der Waals surface area contributed by atoms with Crippen LogP contribution in [0.25, 0.3) is 0 Å². The van der Waals surface area contributed by atoms with Gasteiger partial charge in [-0.1, -0.05) is 0 Å². The molecule has 61 heavy (non-hydrogen) atoms. The van der Waals surface area contributed by atoms with Crippen LogP contribution in [-0.4, -0.2) is 166 Å². The number of hydrogen-bond donors (Lipinski definition) is 12. The van der Waals surface area contributed by atoms with Crippen LogP contribution in [0, 0.1) is 17.9 Å². The Labute approximate surface area is 417 Å². The second-order valence-electron chi connectivity index (χ2n) is 13.6. The minimum absolute atomic E-state index is 0.0461. The van der Waals surface area contributed by atoms with Gasteiger partial charge in [-0.15, -0.1) is 0 Å². The normalized spacial score (nSPS) is 16.6. The molecule has 0 aliphatic carbocycles. The van der Waals surface area contributed by atoms with E-state index in [1.165, 1.54) is 18.7 Å². The van der Waals surface area contributed by atoms with Crippen molar-refractivity contribution in [1.82, 2.24) is 21.3 Å². The first-order valence-corrected chi connectivity index (χ1v) is 23.5. The Morgan fingerprint density at radius 1 is 0.590 bits per heavy atom. The van der Waals surface area contributed by atoms with Crippen molar-refractivity contribution in [1.29, 1.82) is 0 Å². The summed E-state index contributed by atoms with van der Waals surface area (Å²) in [6.45, 7) is -1.98. The summed E-state index contributed by atoms with van der Waals surface area (Å²) in [6, 6.07) is 0. The Kier molecular flexibility index (Phi) is 21.9. The number of carbonyl (C=O) groups is 6. The van der Waals surface area contributed by atoms with Gasteiger partial charge in [-0.2, -0.15) is 0 Å². The molecule has 0 aromatic heterocycles. The number of aliphatic hydroxyl groups is 8. The molecule has 0 radical (unpaired) electrons. The zero-order chi connectivity index (χ0) is 46.0. The number of aliphatic hydroxyl groups excluding tert-OH is 8. The van der Waals surface area contributed by atoms with Gasteiger partial charge in [-0.3, -0.25) is 28.8 Å². The molecule has 0 spiro atoms. The molecule has 1 aliphatic rings. The summed E-state index contributed by atoms with van der Waals surface area (Å²) in [4.78, 5) is 83.5. The number of anilines is 1. The summed E-state index contributed by atoms with van der Waals surface area (Å²) >= 11 is 9.06. The molecule has 5 amide bonds. The van der Waals surface area contributed by atoms with Crippen molar-refractivity contribution in [3.8, 4) is 5.75 Å². The lowest BCUT2D eigenvalue weighted by atomic mass is 9.84. The molecule has 2 aromatic rings. The number of halogens is 5. The molecule has 25 heteroatoms. The molecule has 20 nitrogen and oxygen atoms in total. The monoisotopic (exact) mass is 1420 g/mol. The van der Waals surface area contributed by atoms with Gasteiger partial charge < -0.3 is 71.8 Å². The lowest BCUT2D eigenvalue weighted by molar-refractivity contribution is -0.119. The van der Waals surface area contributed by atoms with E-state index in [2.05, 4.69) is 21.3 Å². The number of nitrogens with zero attached hydrogens (tertiary/aromatic N) is 1. The number of amides is 5. The lowest BCUT2D eigenvalue weighted by Gasteiger charge is -2.37. The number of rotatable bonds is 20. The number of ether oxygens (including phenoxy) is 1. The number of hydrogen-bond acceptors (Lipinski definition) is 15. The van der Waals surface area contributed by atoms with Gasteiger partial charge in [-0.25, -0.2) is 0 Å². The number of ketones is 1. The Balaban J connectivity index is 2.30. The van der Waals surface area contributed by atoms with Crippen LogP contribution in [-0.2, 0) is 9.59 Å². The second-order valence-corrected chi connectivity index (χ2v) is 19.0. The average Bonchev–Trinajstić information content (AvgIpc) is 3.21. The zero-order valence-electron chi connectivity index (χ0n) is 32.3. The summed E-state index contributed by atoms with van der Waals surface area (Å²) in [5.41, 5.74) is -0.183. The maximum absolute atomic E-state index is 14.0. The van der Waals surface area contributed by atoms with E-state index in [4.69, 9.17) is 4.74 Å². The van der Waals surface area contributed by atoms with Gasteiger partial charge in [0.15, 0.2) is 0 Å². The molecule has 338 valence electrons. The summed E-state index contributed by atoms with van der Waals surface area (Å²) in [5.74, 6) is -5.32. The molecule has 1 aliphatic heterocycles. The van der Waals surface area contributed by atoms with Crippen molar-refractivity contribution < 1.29 is 74.4 Å². The van der Waals surface area contributed by atoms with E-state index >= 15 is 0 Å². The molecule has 12 N–H and O–H groups in total. The molecule has 0 fully saturated rings. The average molecular weight is 1420 g/mol. The summed E-state index contributed by atoms with van der Waals surface area (Å²) in [5, 5.41) is 87.2. The quantitative estimate of drug-likeness (QED) is 0.0702. The maximum atomic E-state index is 14.0. The Morgan fingerprint density at radius 2 is 0.934 bits per heavy atom. The Hall–Kier alpha value is -1.41. The molecule has 0 bridgehead atoms. The van der Waals surface area contributed by atoms with Crippen LogP contribution in [0.15, 0.2) is 0 Å². The number of benzene rings is 2. The van der Waals surface area contributed by atoms with Crippen LogP contribution < -0.4 is 30.9 Å². The third-order valence-corrected chi connectivity index (χ3v) is 14.4. The Bertz CT molecular complexity index is 1960. The molecule has 1 heterocycles. The fourth-order valence-corrected chi connectivity index (χ4v) is 13.3. The smallest absolute Gasteiger partial charge is 0.256 e. The number of nitrogens with one attached hydrogen (secondary N) is 4. The summed E-state index contributed by atoms with van der Waals surface area (Å²) in [6.07, 6.45) is -6.47. The molecule has 0 saturated heterocycles. The molecule has 0 saturated carbocycles. The molecule has 2 aromatic carbocycles. The highest BCUT2D eigenvalue weighted by Crippen LogP contribution is 2.47. The van der Waals surface area contributed by atoms with Crippen molar-refractivity contribution >= 4 is 154 Å². The van der Waals surface area contributed by atoms with Gasteiger partial charge in [-0.05, 0) is 126 Å². The summed E-state index contributed by atoms with van der Waals surface area (Å²) < 4.78 is 7.28. The number of Topliss-reactive ketones (excluding diaryl/α,β-unsaturated/α-hetero) is 1. The molecule has 6 unspecified atom stereocenters. The van der Waals surface area contributed by atoms with E-state index in [0.29, 0.717) is 0 Å². The van der Waals surface area contributed by atoms with Crippen molar-refractivity contribution in [2.45, 2.75) is 56.7 Å². The highest BCUT2D eigenvalue weighted by molar-refractivity contribution is 14.1. The molecular weight excluding hydrogens is 1380 g/mol. The standard InChI is InChI=1S/C36H44I5N5O15/c1-13(51)20-3-19(61-32-21(20)26(37)22(33(57)42-4-15(53)9-47)28(39)25(32)36(60)45-7-18(56)12-50)8-46(14(2)52)31-29(40)23(34(58)43-5-16(54)10-48)27(38)24(30(31)41)35(59)44-6-17(55)11-49/h15-20,47-50,53-56H,3-12H2,1-2H3,(H,42,57)(H,43,58)(H,44,59)(H,45,60). The van der Waals surface area contributed by atoms with E-state index < -0.39 is 105 Å². The van der Waals surface area contributed by atoms with E-state index in [0.717, 1.165) is 0 Å². The first kappa shape index (κ1) is 53.9. The fourth-order valence-electron chi connectivity index (χ4n) is 5.92. The van der Waals surface area contributed by atoms with E-state index in [-0.39, 0.29) is 89.7 Å². The minimum atomic E-state index is -1.36. The third kappa shape index (κ3) is 13.3. The van der Waals surface area contributed by atoms with Crippen molar-refractivity contribution in [3.63, 3.8) is 0 Å². The van der Waals surface area contributed by atoms with Crippen LogP contribution >= 0.6 is 113 Å². The number of carbonyl (C=O) groups excluding carboxylic acids is 6. The molecule has 6 atom stereocenters. The van der Waals surface area contributed by atoms with Crippen LogP contribution in [0.5, 0.6) is 5.75 Å². The minimum Gasteiger partial charge on any atom is -0.487 e. The van der Waals surface area contributed by atoms with Crippen molar-refractivity contribution in [3.05, 3.63) is 45.7 Å². The van der Waals surface area contributed by atoms with Gasteiger partial charge >= 0.3 is 0 Å². The molecule has 3 rings (SSSR count).